The summed E-state index contributed by atoms with van der Waals surface area (Å²) < 4.78 is 0. The summed E-state index contributed by atoms with van der Waals surface area (Å²) in [5.74, 6) is 0.479. The van der Waals surface area contributed by atoms with E-state index < -0.39 is 0 Å². The molecule has 1 aliphatic rings. The summed E-state index contributed by atoms with van der Waals surface area (Å²) >= 11 is 12.6. The quantitative estimate of drug-likeness (QED) is 0.610. The van der Waals surface area contributed by atoms with Crippen molar-refractivity contribution in [2.75, 3.05) is 11.9 Å². The Bertz CT molecular complexity index is 943. The van der Waals surface area contributed by atoms with Crippen molar-refractivity contribution in [3.63, 3.8) is 0 Å². The van der Waals surface area contributed by atoms with E-state index in [1.165, 1.54) is 0 Å². The molecule has 2 aromatic carbocycles. The molecule has 1 aliphatic heterocycles. The highest BCUT2D eigenvalue weighted by Crippen LogP contribution is 2.36. The van der Waals surface area contributed by atoms with Crippen LogP contribution in [0, 0.1) is 0 Å². The van der Waals surface area contributed by atoms with Crippen molar-refractivity contribution in [1.82, 2.24) is 15.5 Å². The summed E-state index contributed by atoms with van der Waals surface area (Å²) in [7, 11) is 0. The van der Waals surface area contributed by atoms with Gasteiger partial charge in [0.1, 0.15) is 0 Å². The first-order chi connectivity index (χ1) is 12.6. The van der Waals surface area contributed by atoms with E-state index >= 15 is 0 Å². The normalized spacial score (nSPS) is 16.9. The molecule has 1 saturated heterocycles. The topological polar surface area (TPSA) is 69.8 Å². The predicted octanol–water partition coefficient (Wildman–Crippen LogP) is 4.62. The molecular formula is C19H18Cl2N4O. The second-order valence-corrected chi connectivity index (χ2v) is 7.29. The minimum absolute atomic E-state index is 0.0426. The van der Waals surface area contributed by atoms with Crippen LogP contribution in [-0.4, -0.2) is 28.7 Å². The number of carbonyl (C=O) groups is 1. The molecule has 0 unspecified atom stereocenters. The number of hydrogen-bond donors (Lipinski definition) is 3. The Hall–Kier alpha value is -2.08. The zero-order valence-electron chi connectivity index (χ0n) is 14.0. The smallest absolute Gasteiger partial charge is 0.227 e. The fourth-order valence-corrected chi connectivity index (χ4v) is 3.99. The summed E-state index contributed by atoms with van der Waals surface area (Å²) in [6.07, 6.45) is 2.60. The number of fused-ring (bicyclic) bond motifs is 1. The van der Waals surface area contributed by atoms with Crippen LogP contribution >= 0.6 is 23.2 Å². The van der Waals surface area contributed by atoms with Crippen LogP contribution in [-0.2, 0) is 4.79 Å². The van der Waals surface area contributed by atoms with Crippen molar-refractivity contribution in [2.45, 2.75) is 25.3 Å². The van der Waals surface area contributed by atoms with Gasteiger partial charge in [-0.3, -0.25) is 9.89 Å². The Morgan fingerprint density at radius 2 is 2.04 bits per heavy atom. The monoisotopic (exact) mass is 388 g/mol. The van der Waals surface area contributed by atoms with Crippen LogP contribution in [0.25, 0.3) is 22.0 Å². The average molecular weight is 389 g/mol. The lowest BCUT2D eigenvalue weighted by atomic mass is 10.0. The van der Waals surface area contributed by atoms with Gasteiger partial charge in [-0.15, -0.1) is 0 Å². The Labute approximate surface area is 161 Å². The first-order valence-electron chi connectivity index (χ1n) is 8.57. The van der Waals surface area contributed by atoms with E-state index in [1.54, 1.807) is 12.1 Å². The van der Waals surface area contributed by atoms with Crippen molar-refractivity contribution in [2.24, 2.45) is 0 Å². The molecule has 0 radical (unpaired) electrons. The van der Waals surface area contributed by atoms with Gasteiger partial charge in [-0.2, -0.15) is 5.10 Å². The van der Waals surface area contributed by atoms with Crippen LogP contribution in [0.15, 0.2) is 36.4 Å². The molecule has 5 nitrogen and oxygen atoms in total. The van der Waals surface area contributed by atoms with Crippen LogP contribution in [0.2, 0.25) is 10.0 Å². The Kier molecular flexibility index (Phi) is 4.85. The van der Waals surface area contributed by atoms with Crippen molar-refractivity contribution in [3.05, 3.63) is 46.4 Å². The van der Waals surface area contributed by atoms with Crippen LogP contribution in [0.5, 0.6) is 0 Å². The molecule has 1 amide bonds. The van der Waals surface area contributed by atoms with Gasteiger partial charge in [0.2, 0.25) is 5.91 Å². The first kappa shape index (κ1) is 17.3. The first-order valence-corrected chi connectivity index (χ1v) is 9.33. The number of H-pyrrole nitrogens is 1. The molecule has 4 rings (SSSR count). The van der Waals surface area contributed by atoms with Gasteiger partial charge in [-0.1, -0.05) is 35.3 Å². The van der Waals surface area contributed by atoms with Crippen molar-refractivity contribution < 1.29 is 4.79 Å². The molecule has 0 bridgehead atoms. The van der Waals surface area contributed by atoms with Crippen molar-refractivity contribution in [1.29, 1.82) is 0 Å². The highest BCUT2D eigenvalue weighted by molar-refractivity contribution is 6.39. The third kappa shape index (κ3) is 3.43. The van der Waals surface area contributed by atoms with Gasteiger partial charge in [-0.05, 0) is 49.2 Å². The number of hydrogen-bond acceptors (Lipinski definition) is 3. The molecule has 2 heterocycles. The van der Waals surface area contributed by atoms with Gasteiger partial charge in [0, 0.05) is 33.5 Å². The third-order valence-electron chi connectivity index (χ3n) is 4.67. The minimum Gasteiger partial charge on any atom is -0.313 e. The zero-order chi connectivity index (χ0) is 18.1. The van der Waals surface area contributed by atoms with Crippen molar-refractivity contribution >= 4 is 45.8 Å². The maximum absolute atomic E-state index is 12.3. The number of benzene rings is 2. The van der Waals surface area contributed by atoms with Crippen molar-refractivity contribution in [3.8, 4) is 11.1 Å². The molecule has 1 fully saturated rings. The molecule has 0 aliphatic carbocycles. The molecule has 134 valence electrons. The SMILES string of the molecule is O=C(C[C@@H]1CCCN1)Nc1n[nH]c2ccc(-c3c(Cl)cccc3Cl)cc12. The van der Waals surface area contributed by atoms with E-state index in [9.17, 15) is 4.79 Å². The standard InChI is InChI=1S/C19H18Cl2N4O/c20-14-4-1-5-15(21)18(14)11-6-7-16-13(9-11)19(25-24-16)23-17(26)10-12-3-2-8-22-12/h1,4-7,9,12,22H,2-3,8,10H2,(H2,23,24,25,26)/t12-/m0/s1. The summed E-state index contributed by atoms with van der Waals surface area (Å²) in [4.78, 5) is 12.3. The van der Waals surface area contributed by atoms with Gasteiger partial charge < -0.3 is 10.6 Å². The second kappa shape index (κ2) is 7.27. The average Bonchev–Trinajstić information content (AvgIpc) is 3.25. The summed E-state index contributed by atoms with van der Waals surface area (Å²) in [5.41, 5.74) is 2.49. The number of rotatable bonds is 4. The van der Waals surface area contributed by atoms with Gasteiger partial charge >= 0.3 is 0 Å². The van der Waals surface area contributed by atoms with E-state index in [-0.39, 0.29) is 11.9 Å². The number of amides is 1. The number of nitrogens with zero attached hydrogens (tertiary/aromatic N) is 1. The summed E-state index contributed by atoms with van der Waals surface area (Å²) in [6.45, 7) is 0.977. The maximum Gasteiger partial charge on any atom is 0.227 e. The van der Waals surface area contributed by atoms with E-state index in [4.69, 9.17) is 23.2 Å². The molecule has 7 heteroatoms. The van der Waals surface area contributed by atoms with Crippen LogP contribution in [0.4, 0.5) is 5.82 Å². The fourth-order valence-electron chi connectivity index (χ4n) is 3.38. The minimum atomic E-state index is -0.0426. The number of halogens is 2. The van der Waals surface area contributed by atoms with Gasteiger partial charge in [-0.25, -0.2) is 0 Å². The number of aromatic amines is 1. The predicted molar refractivity (Wildman–Crippen MR) is 106 cm³/mol. The lowest BCUT2D eigenvalue weighted by Crippen LogP contribution is -2.27. The molecule has 3 aromatic rings. The fraction of sp³-hybridized carbons (Fsp3) is 0.263. The summed E-state index contributed by atoms with van der Waals surface area (Å²) in [6, 6.07) is 11.5. The highest BCUT2D eigenvalue weighted by atomic mass is 35.5. The second-order valence-electron chi connectivity index (χ2n) is 6.47. The van der Waals surface area contributed by atoms with Crippen LogP contribution < -0.4 is 10.6 Å². The molecule has 1 aromatic heterocycles. The number of aromatic nitrogens is 2. The van der Waals surface area contributed by atoms with E-state index in [1.807, 2.05) is 24.3 Å². The van der Waals surface area contributed by atoms with E-state index in [0.29, 0.717) is 22.3 Å². The van der Waals surface area contributed by atoms with Crippen LogP contribution in [0.3, 0.4) is 0 Å². The third-order valence-corrected chi connectivity index (χ3v) is 5.30. The number of carbonyl (C=O) groups excluding carboxylic acids is 1. The Morgan fingerprint density at radius 1 is 1.23 bits per heavy atom. The lowest BCUT2D eigenvalue weighted by molar-refractivity contribution is -0.116. The molecular weight excluding hydrogens is 371 g/mol. The van der Waals surface area contributed by atoms with Gasteiger partial charge in [0.25, 0.3) is 0 Å². The van der Waals surface area contributed by atoms with Crippen LogP contribution in [0.1, 0.15) is 19.3 Å². The van der Waals surface area contributed by atoms with E-state index in [2.05, 4.69) is 20.8 Å². The Morgan fingerprint density at radius 3 is 2.77 bits per heavy atom. The molecule has 0 spiro atoms. The molecule has 1 atom stereocenters. The molecule has 26 heavy (non-hydrogen) atoms. The largest absolute Gasteiger partial charge is 0.313 e. The summed E-state index contributed by atoms with van der Waals surface area (Å²) in [5, 5.41) is 15.4. The number of anilines is 1. The number of nitrogens with one attached hydrogen (secondary N) is 3. The Balaban J connectivity index is 1.63. The zero-order valence-corrected chi connectivity index (χ0v) is 15.5. The molecule has 3 N–H and O–H groups in total. The maximum atomic E-state index is 12.3. The van der Waals surface area contributed by atoms with Gasteiger partial charge in [0.05, 0.1) is 5.52 Å². The van der Waals surface area contributed by atoms with E-state index in [0.717, 1.165) is 41.4 Å². The highest BCUT2D eigenvalue weighted by Gasteiger charge is 2.19. The van der Waals surface area contributed by atoms with Gasteiger partial charge in [0.15, 0.2) is 5.82 Å². The lowest BCUT2D eigenvalue weighted by Gasteiger charge is -2.10. The molecule has 0 saturated carbocycles.